The minimum atomic E-state index is -3.39. The number of nitrogens with zero attached hydrogens (tertiary/aromatic N) is 4. The van der Waals surface area contributed by atoms with Crippen LogP contribution in [0.4, 0.5) is 11.4 Å². The lowest BCUT2D eigenvalue weighted by Crippen LogP contribution is -2.31. The first-order valence-corrected chi connectivity index (χ1v) is 12.4. The molecule has 10 nitrogen and oxygen atoms in total. The number of H-pyrrole nitrogens is 1. The molecule has 34 heavy (non-hydrogen) atoms. The average Bonchev–Trinajstić information content (AvgIpc) is 3.38. The number of aromatic amines is 1. The standard InChI is InChI=1S/C23H22N6O4S/c1-23(2,3)18-17(28-21(30)15-7-5-6-8-16(15)22(28)31)20-24-19(26-29(20)25-18)13-9-11-14(12-10-13)27-34(4,32)33/h5-12,25,27H,1-4H3. The van der Waals surface area contributed by atoms with Gasteiger partial charge in [-0.2, -0.15) is 4.63 Å². The molecule has 0 unspecified atom stereocenters. The van der Waals surface area contributed by atoms with E-state index in [9.17, 15) is 18.0 Å². The van der Waals surface area contributed by atoms with E-state index >= 15 is 0 Å². The molecular weight excluding hydrogens is 456 g/mol. The van der Waals surface area contributed by atoms with Gasteiger partial charge in [-0.15, -0.1) is 5.10 Å². The number of anilines is 2. The number of sulfonamides is 1. The van der Waals surface area contributed by atoms with E-state index in [2.05, 4.69) is 19.9 Å². The highest BCUT2D eigenvalue weighted by atomic mass is 32.2. The summed E-state index contributed by atoms with van der Waals surface area (Å²) in [6.45, 7) is 5.90. The van der Waals surface area contributed by atoms with Gasteiger partial charge in [-0.05, 0) is 36.4 Å². The smallest absolute Gasteiger partial charge is 0.266 e. The van der Waals surface area contributed by atoms with E-state index in [4.69, 9.17) is 0 Å². The maximum Gasteiger partial charge on any atom is 0.266 e. The zero-order valence-corrected chi connectivity index (χ0v) is 19.8. The summed E-state index contributed by atoms with van der Waals surface area (Å²) in [6.07, 6.45) is 1.08. The first-order chi connectivity index (χ1) is 15.9. The lowest BCUT2D eigenvalue weighted by molar-refractivity contribution is 0.0926. The number of fused-ring (bicyclic) bond motifs is 2. The third kappa shape index (κ3) is 3.54. The van der Waals surface area contributed by atoms with Crippen molar-refractivity contribution in [2.75, 3.05) is 15.9 Å². The first kappa shape index (κ1) is 21.8. The predicted octanol–water partition coefficient (Wildman–Crippen LogP) is 3.19. The molecule has 174 valence electrons. The molecule has 1 aliphatic rings. The number of amides is 2. The molecule has 0 bridgehead atoms. The number of carbonyl (C=O) groups is 2. The first-order valence-electron chi connectivity index (χ1n) is 10.5. The quantitative estimate of drug-likeness (QED) is 0.433. The molecular formula is C23H22N6O4S. The maximum atomic E-state index is 13.2. The number of imide groups is 1. The van der Waals surface area contributed by atoms with Crippen molar-refractivity contribution in [2.24, 2.45) is 0 Å². The molecule has 0 radical (unpaired) electrons. The fraction of sp³-hybridized carbons (Fsp3) is 0.217. The second-order valence-electron chi connectivity index (χ2n) is 9.20. The summed E-state index contributed by atoms with van der Waals surface area (Å²) < 4.78 is 26.8. The predicted molar refractivity (Wildman–Crippen MR) is 128 cm³/mol. The molecule has 4 aromatic rings. The van der Waals surface area contributed by atoms with Gasteiger partial charge in [0.15, 0.2) is 5.82 Å². The van der Waals surface area contributed by atoms with Gasteiger partial charge in [-0.25, -0.2) is 18.3 Å². The number of hydrogen-bond acceptors (Lipinski definition) is 6. The molecule has 0 aliphatic carbocycles. The summed E-state index contributed by atoms with van der Waals surface area (Å²) in [5, 5.41) is 7.70. The van der Waals surface area contributed by atoms with Gasteiger partial charge in [0.05, 0.1) is 23.1 Å². The van der Waals surface area contributed by atoms with Crippen molar-refractivity contribution >= 4 is 38.9 Å². The number of hydrogen-bond donors (Lipinski definition) is 2. The van der Waals surface area contributed by atoms with Gasteiger partial charge in [0.25, 0.3) is 11.8 Å². The second-order valence-corrected chi connectivity index (χ2v) is 10.9. The Kier molecular flexibility index (Phi) is 4.66. The summed E-state index contributed by atoms with van der Waals surface area (Å²) in [7, 11) is -3.39. The average molecular weight is 479 g/mol. The van der Waals surface area contributed by atoms with Crippen LogP contribution in [-0.4, -0.2) is 46.3 Å². The van der Waals surface area contributed by atoms with E-state index in [-0.39, 0.29) is 0 Å². The van der Waals surface area contributed by atoms with E-state index < -0.39 is 27.3 Å². The highest BCUT2D eigenvalue weighted by molar-refractivity contribution is 7.92. The Morgan fingerprint density at radius 1 is 0.941 bits per heavy atom. The van der Waals surface area contributed by atoms with Crippen molar-refractivity contribution in [2.45, 2.75) is 26.2 Å². The summed E-state index contributed by atoms with van der Waals surface area (Å²) in [5.74, 6) is -0.461. The van der Waals surface area contributed by atoms with Gasteiger partial charge >= 0.3 is 0 Å². The number of benzene rings is 2. The zero-order chi connectivity index (χ0) is 24.4. The largest absolute Gasteiger partial charge is 0.284 e. The van der Waals surface area contributed by atoms with E-state index in [1.807, 2.05) is 20.8 Å². The molecule has 3 heterocycles. The number of aromatic nitrogens is 4. The molecule has 2 N–H and O–H groups in total. The topological polar surface area (TPSA) is 130 Å². The Labute approximate surface area is 195 Å². The van der Waals surface area contributed by atoms with Crippen LogP contribution in [0.2, 0.25) is 0 Å². The summed E-state index contributed by atoms with van der Waals surface area (Å²) in [5.41, 5.74) is 2.67. The van der Waals surface area contributed by atoms with Gasteiger partial charge < -0.3 is 0 Å². The van der Waals surface area contributed by atoms with Crippen molar-refractivity contribution in [3.63, 3.8) is 0 Å². The van der Waals surface area contributed by atoms with Crippen LogP contribution in [0, 0.1) is 0 Å². The van der Waals surface area contributed by atoms with Crippen molar-refractivity contribution in [3.05, 3.63) is 65.4 Å². The molecule has 2 aromatic carbocycles. The van der Waals surface area contributed by atoms with Gasteiger partial charge in [0, 0.05) is 16.7 Å². The minimum Gasteiger partial charge on any atom is -0.284 e. The zero-order valence-electron chi connectivity index (χ0n) is 18.9. The second kappa shape index (κ2) is 7.26. The molecule has 0 fully saturated rings. The molecule has 0 atom stereocenters. The lowest BCUT2D eigenvalue weighted by atomic mass is 9.91. The van der Waals surface area contributed by atoms with E-state index in [0.29, 0.717) is 45.2 Å². The van der Waals surface area contributed by atoms with Gasteiger partial charge in [-0.3, -0.25) is 19.4 Å². The van der Waals surface area contributed by atoms with Crippen molar-refractivity contribution < 1.29 is 18.0 Å². The van der Waals surface area contributed by atoms with Gasteiger partial charge in [0.2, 0.25) is 15.7 Å². The normalized spacial score (nSPS) is 14.2. The molecule has 11 heteroatoms. The van der Waals surface area contributed by atoms with Crippen molar-refractivity contribution in [1.82, 2.24) is 19.8 Å². The van der Waals surface area contributed by atoms with Crippen molar-refractivity contribution in [3.8, 4) is 11.4 Å². The van der Waals surface area contributed by atoms with E-state index in [1.54, 1.807) is 48.5 Å². The molecule has 0 saturated carbocycles. The van der Waals surface area contributed by atoms with Crippen LogP contribution in [0.25, 0.3) is 17.0 Å². The Morgan fingerprint density at radius 3 is 2.06 bits per heavy atom. The fourth-order valence-corrected chi connectivity index (χ4v) is 4.53. The Bertz CT molecular complexity index is 1540. The van der Waals surface area contributed by atoms with Crippen LogP contribution in [-0.2, 0) is 15.4 Å². The number of rotatable bonds is 4. The Hall–Kier alpha value is -3.99. The molecule has 0 spiro atoms. The molecule has 2 amide bonds. The molecule has 1 aliphatic heterocycles. The van der Waals surface area contributed by atoms with Gasteiger partial charge in [0.1, 0.15) is 5.69 Å². The summed E-state index contributed by atoms with van der Waals surface area (Å²) in [4.78, 5) is 32.3. The third-order valence-electron chi connectivity index (χ3n) is 5.49. The van der Waals surface area contributed by atoms with Crippen LogP contribution in [0.15, 0.2) is 48.5 Å². The summed E-state index contributed by atoms with van der Waals surface area (Å²) in [6, 6.07) is 13.3. The number of nitrogens with one attached hydrogen (secondary N) is 2. The SMILES string of the molecule is CC(C)(C)c1[nH]n2nc(-c3ccc(NS(C)(=O)=O)cc3)nc2c1N1C(=O)c2ccccc2C1=O. The van der Waals surface area contributed by atoms with E-state index in [0.717, 1.165) is 11.2 Å². The molecule has 0 saturated heterocycles. The fourth-order valence-electron chi connectivity index (χ4n) is 3.96. The van der Waals surface area contributed by atoms with Crippen molar-refractivity contribution in [1.29, 1.82) is 0 Å². The third-order valence-corrected chi connectivity index (χ3v) is 6.09. The Balaban J connectivity index is 1.62. The molecule has 5 rings (SSSR count). The van der Waals surface area contributed by atoms with Crippen LogP contribution in [0.1, 0.15) is 47.2 Å². The monoisotopic (exact) mass is 478 g/mol. The minimum absolute atomic E-state index is 0.341. The summed E-state index contributed by atoms with van der Waals surface area (Å²) >= 11 is 0. The Morgan fingerprint density at radius 2 is 1.53 bits per heavy atom. The van der Waals surface area contributed by atoms with Crippen LogP contribution in [0.5, 0.6) is 0 Å². The lowest BCUT2D eigenvalue weighted by Gasteiger charge is -2.22. The van der Waals surface area contributed by atoms with Gasteiger partial charge in [-0.1, -0.05) is 32.9 Å². The van der Waals surface area contributed by atoms with E-state index in [1.165, 1.54) is 4.63 Å². The highest BCUT2D eigenvalue weighted by Gasteiger charge is 2.41. The maximum absolute atomic E-state index is 13.2. The highest BCUT2D eigenvalue weighted by Crippen LogP contribution is 2.39. The van der Waals surface area contributed by atoms with Crippen LogP contribution in [0.3, 0.4) is 0 Å². The van der Waals surface area contributed by atoms with Crippen LogP contribution >= 0.6 is 0 Å². The van der Waals surface area contributed by atoms with Crippen LogP contribution < -0.4 is 9.62 Å². The molecule has 2 aromatic heterocycles. The number of carbonyl (C=O) groups excluding carboxylic acids is 2.